The van der Waals surface area contributed by atoms with Gasteiger partial charge in [-0.25, -0.2) is 5.06 Å². The molecular weight excluding hydrogens is 162 g/mol. The zero-order chi connectivity index (χ0) is 10.1. The number of rotatable bonds is 1. The molecule has 2 heteroatoms. The van der Waals surface area contributed by atoms with Crippen LogP contribution in [0.3, 0.4) is 0 Å². The first-order chi connectivity index (χ1) is 5.91. The third-order valence-corrected chi connectivity index (χ3v) is 1.88. The van der Waals surface area contributed by atoms with Crippen LogP contribution in [-0.4, -0.2) is 5.54 Å². The molecule has 0 saturated heterocycles. The molecule has 0 saturated carbocycles. The first-order valence-electron chi connectivity index (χ1n) is 4.45. The largest absolute Gasteiger partial charge is 0.215 e. The van der Waals surface area contributed by atoms with E-state index in [4.69, 9.17) is 0 Å². The second kappa shape index (κ2) is 3.38. The third kappa shape index (κ3) is 2.46. The summed E-state index contributed by atoms with van der Waals surface area (Å²) in [5.74, 6) is 0. The van der Waals surface area contributed by atoms with E-state index in [0.717, 1.165) is 10.8 Å². The molecule has 2 nitrogen and oxygen atoms in total. The molecule has 0 bridgehead atoms. The molecule has 1 radical (unpaired) electrons. The first-order valence-corrected chi connectivity index (χ1v) is 4.45. The van der Waals surface area contributed by atoms with Crippen molar-refractivity contribution in [3.05, 3.63) is 29.8 Å². The quantitative estimate of drug-likeness (QED) is 0.606. The molecule has 0 unspecified atom stereocenters. The van der Waals surface area contributed by atoms with E-state index in [1.165, 1.54) is 5.56 Å². The molecule has 0 aliphatic heterocycles. The highest BCUT2D eigenvalue weighted by Gasteiger charge is 2.20. The average molecular weight is 178 g/mol. The summed E-state index contributed by atoms with van der Waals surface area (Å²) < 4.78 is 0. The Morgan fingerprint density at radius 2 is 1.54 bits per heavy atom. The van der Waals surface area contributed by atoms with Crippen molar-refractivity contribution in [3.63, 3.8) is 0 Å². The Hall–Kier alpha value is -1.02. The van der Waals surface area contributed by atoms with Crippen molar-refractivity contribution >= 4 is 5.69 Å². The molecule has 0 atom stereocenters. The zero-order valence-corrected chi connectivity index (χ0v) is 8.66. The average Bonchev–Trinajstić information content (AvgIpc) is 2.03. The van der Waals surface area contributed by atoms with Crippen molar-refractivity contribution in [1.82, 2.24) is 0 Å². The Labute approximate surface area is 79.8 Å². The fourth-order valence-corrected chi connectivity index (χ4v) is 1.07. The zero-order valence-electron chi connectivity index (χ0n) is 8.66. The van der Waals surface area contributed by atoms with Gasteiger partial charge in [-0.05, 0) is 39.8 Å². The van der Waals surface area contributed by atoms with E-state index < -0.39 is 0 Å². The van der Waals surface area contributed by atoms with Gasteiger partial charge in [0, 0.05) is 0 Å². The molecular formula is C11H16NO. The molecule has 0 N–H and O–H groups in total. The number of anilines is 1. The molecule has 0 aliphatic rings. The summed E-state index contributed by atoms with van der Waals surface area (Å²) in [5, 5.41) is 12.7. The van der Waals surface area contributed by atoms with Gasteiger partial charge in [-0.2, -0.15) is 0 Å². The fraction of sp³-hybridized carbons (Fsp3) is 0.455. The summed E-state index contributed by atoms with van der Waals surface area (Å²) in [6.45, 7) is 7.72. The molecule has 1 rings (SSSR count). The topological polar surface area (TPSA) is 23.1 Å². The van der Waals surface area contributed by atoms with E-state index in [-0.39, 0.29) is 5.54 Å². The summed E-state index contributed by atoms with van der Waals surface area (Å²) in [4.78, 5) is 0. The monoisotopic (exact) mass is 178 g/mol. The van der Waals surface area contributed by atoms with Gasteiger partial charge >= 0.3 is 0 Å². The van der Waals surface area contributed by atoms with Crippen molar-refractivity contribution in [2.24, 2.45) is 0 Å². The lowest BCUT2D eigenvalue weighted by Crippen LogP contribution is -2.37. The van der Waals surface area contributed by atoms with Crippen LogP contribution in [0, 0.1) is 6.92 Å². The number of aryl methyl sites for hydroxylation is 1. The van der Waals surface area contributed by atoms with Gasteiger partial charge in [0.1, 0.15) is 0 Å². The minimum atomic E-state index is -0.366. The smallest absolute Gasteiger partial charge is 0.0674 e. The Morgan fingerprint density at radius 3 is 1.92 bits per heavy atom. The summed E-state index contributed by atoms with van der Waals surface area (Å²) in [7, 11) is 0. The van der Waals surface area contributed by atoms with Crippen molar-refractivity contribution in [1.29, 1.82) is 0 Å². The molecule has 1 aromatic rings. The van der Waals surface area contributed by atoms with Gasteiger partial charge in [0.15, 0.2) is 0 Å². The lowest BCUT2D eigenvalue weighted by Gasteiger charge is -2.28. The number of benzene rings is 1. The maximum absolute atomic E-state index is 11.7. The molecule has 0 heterocycles. The molecule has 0 aliphatic carbocycles. The highest BCUT2D eigenvalue weighted by atomic mass is 16.5. The fourth-order valence-electron chi connectivity index (χ4n) is 1.07. The maximum Gasteiger partial charge on any atom is 0.0674 e. The van der Waals surface area contributed by atoms with Crippen LogP contribution in [0.15, 0.2) is 24.3 Å². The number of hydrogen-bond acceptors (Lipinski definition) is 1. The normalized spacial score (nSPS) is 11.5. The van der Waals surface area contributed by atoms with Crippen molar-refractivity contribution < 1.29 is 5.21 Å². The standard InChI is InChI=1S/C11H16NO/c1-9-5-7-10(8-6-9)12(13)11(2,3)4/h5-8H,1-4H3. The second-order valence-corrected chi connectivity index (χ2v) is 4.30. The van der Waals surface area contributed by atoms with Gasteiger partial charge in [-0.1, -0.05) is 22.9 Å². The van der Waals surface area contributed by atoms with E-state index in [0.29, 0.717) is 0 Å². The Bertz CT molecular complexity index is 271. The third-order valence-electron chi connectivity index (χ3n) is 1.88. The predicted molar refractivity (Wildman–Crippen MR) is 54.1 cm³/mol. The van der Waals surface area contributed by atoms with Crippen molar-refractivity contribution in [2.75, 3.05) is 5.06 Å². The SMILES string of the molecule is Cc1ccc(N([O])C(C)(C)C)cc1. The van der Waals surface area contributed by atoms with E-state index >= 15 is 0 Å². The molecule has 0 amide bonds. The lowest BCUT2D eigenvalue weighted by molar-refractivity contribution is 0.102. The van der Waals surface area contributed by atoms with Gasteiger partial charge in [0.25, 0.3) is 0 Å². The molecule has 1 aromatic carbocycles. The molecule has 0 spiro atoms. The summed E-state index contributed by atoms with van der Waals surface area (Å²) in [6, 6.07) is 7.61. The molecule has 71 valence electrons. The predicted octanol–water partition coefficient (Wildman–Crippen LogP) is 2.95. The van der Waals surface area contributed by atoms with Crippen LogP contribution in [0.5, 0.6) is 0 Å². The lowest BCUT2D eigenvalue weighted by atomic mass is 10.1. The highest BCUT2D eigenvalue weighted by Crippen LogP contribution is 2.21. The van der Waals surface area contributed by atoms with Gasteiger partial charge in [-0.15, -0.1) is 0 Å². The number of hydrogen-bond donors (Lipinski definition) is 0. The van der Waals surface area contributed by atoms with Crippen LogP contribution in [0.4, 0.5) is 5.69 Å². The maximum atomic E-state index is 11.7. The van der Waals surface area contributed by atoms with E-state index in [1.807, 2.05) is 52.0 Å². The van der Waals surface area contributed by atoms with E-state index in [1.54, 1.807) is 0 Å². The molecule has 0 fully saturated rings. The van der Waals surface area contributed by atoms with Gasteiger partial charge in [-0.3, -0.25) is 0 Å². The first kappa shape index (κ1) is 10.1. The van der Waals surface area contributed by atoms with Crippen LogP contribution >= 0.6 is 0 Å². The highest BCUT2D eigenvalue weighted by molar-refractivity contribution is 5.46. The van der Waals surface area contributed by atoms with Crippen molar-refractivity contribution in [2.45, 2.75) is 33.2 Å². The summed E-state index contributed by atoms with van der Waals surface area (Å²) in [5.41, 5.74) is 1.53. The summed E-state index contributed by atoms with van der Waals surface area (Å²) >= 11 is 0. The number of hydroxylamine groups is 1. The van der Waals surface area contributed by atoms with Gasteiger partial charge in [0.2, 0.25) is 0 Å². The minimum absolute atomic E-state index is 0.366. The number of nitrogens with zero attached hydrogens (tertiary/aromatic N) is 1. The van der Waals surface area contributed by atoms with Crippen LogP contribution < -0.4 is 5.06 Å². The van der Waals surface area contributed by atoms with Gasteiger partial charge in [0.05, 0.1) is 11.2 Å². The van der Waals surface area contributed by atoms with Crippen LogP contribution in [0.1, 0.15) is 26.3 Å². The Balaban J connectivity index is 2.90. The van der Waals surface area contributed by atoms with Gasteiger partial charge < -0.3 is 0 Å². The van der Waals surface area contributed by atoms with E-state index in [9.17, 15) is 5.21 Å². The van der Waals surface area contributed by atoms with E-state index in [2.05, 4.69) is 0 Å². The molecule has 0 aromatic heterocycles. The molecule has 13 heavy (non-hydrogen) atoms. The van der Waals surface area contributed by atoms with Crippen LogP contribution in [0.2, 0.25) is 0 Å². The minimum Gasteiger partial charge on any atom is -0.215 e. The van der Waals surface area contributed by atoms with Crippen molar-refractivity contribution in [3.8, 4) is 0 Å². The van der Waals surface area contributed by atoms with Crippen LogP contribution in [-0.2, 0) is 5.21 Å². The second-order valence-electron chi connectivity index (χ2n) is 4.30. The summed E-state index contributed by atoms with van der Waals surface area (Å²) in [6.07, 6.45) is 0. The Kier molecular flexibility index (Phi) is 2.62. The van der Waals surface area contributed by atoms with Crippen LogP contribution in [0.25, 0.3) is 0 Å². The Morgan fingerprint density at radius 1 is 1.08 bits per heavy atom.